The lowest BCUT2D eigenvalue weighted by atomic mass is 9.67. The van der Waals surface area contributed by atoms with Crippen molar-refractivity contribution < 1.29 is 9.47 Å². The fourth-order valence-corrected chi connectivity index (χ4v) is 8.77. The number of allylic oxidation sites excluding steroid dienone is 2. The number of nitrogens with zero attached hydrogens (tertiary/aromatic N) is 2. The van der Waals surface area contributed by atoms with E-state index < -0.39 is 0 Å². The summed E-state index contributed by atoms with van der Waals surface area (Å²) in [5.41, 5.74) is 12.2. The van der Waals surface area contributed by atoms with Gasteiger partial charge < -0.3 is 18.9 Å². The lowest BCUT2D eigenvalue weighted by Crippen LogP contribution is -2.43. The molecule has 4 nitrogen and oxygen atoms in total. The summed E-state index contributed by atoms with van der Waals surface area (Å²) in [7, 11) is 0. The molecule has 4 heteroatoms. The first-order valence-corrected chi connectivity index (χ1v) is 16.2. The Kier molecular flexibility index (Phi) is 5.48. The van der Waals surface area contributed by atoms with Gasteiger partial charge in [0.25, 0.3) is 0 Å². The van der Waals surface area contributed by atoms with Crippen molar-refractivity contribution in [3.63, 3.8) is 0 Å². The minimum atomic E-state index is -0.114. The molecular weight excluding hydrogens is 540 g/mol. The van der Waals surface area contributed by atoms with Crippen LogP contribution in [0.1, 0.15) is 62.5 Å². The molecule has 5 aliphatic rings. The molecule has 2 aliphatic carbocycles. The molecule has 9 rings (SSSR count). The van der Waals surface area contributed by atoms with Crippen LogP contribution in [0.2, 0.25) is 0 Å². The summed E-state index contributed by atoms with van der Waals surface area (Å²) in [6, 6.07) is 27.7. The molecule has 3 atom stereocenters. The maximum absolute atomic E-state index is 5.60. The number of para-hydroxylation sites is 1. The summed E-state index contributed by atoms with van der Waals surface area (Å²) in [6.07, 6.45) is 10.8. The highest BCUT2D eigenvalue weighted by Crippen LogP contribution is 2.62. The highest BCUT2D eigenvalue weighted by molar-refractivity contribution is 5.93. The van der Waals surface area contributed by atoms with Gasteiger partial charge in [0.2, 0.25) is 0 Å². The number of hydrogen-bond donors (Lipinski definition) is 0. The van der Waals surface area contributed by atoms with Gasteiger partial charge >= 0.3 is 0 Å². The van der Waals surface area contributed by atoms with Crippen molar-refractivity contribution >= 4 is 22.7 Å². The van der Waals surface area contributed by atoms with E-state index in [1.807, 2.05) is 0 Å². The van der Waals surface area contributed by atoms with E-state index in [2.05, 4.69) is 134 Å². The molecule has 44 heavy (non-hydrogen) atoms. The molecule has 1 aromatic heterocycles. The van der Waals surface area contributed by atoms with Crippen LogP contribution in [-0.2, 0) is 20.3 Å². The van der Waals surface area contributed by atoms with Gasteiger partial charge in [0.1, 0.15) is 0 Å². The molecule has 4 aromatic rings. The van der Waals surface area contributed by atoms with Crippen molar-refractivity contribution in [2.75, 3.05) is 31.3 Å². The number of rotatable bonds is 4. The van der Waals surface area contributed by atoms with E-state index in [1.165, 1.54) is 50.4 Å². The average molecular weight is 581 g/mol. The standard InChI is InChI=1S/C40H40N2O2/c1-26-8-7-11-34-36(26)40(4)21-20-33-35(37(40)42(34)30-18-14-28(15-19-30)39(3)24-44-25-39)31-9-5-6-10-32(31)41(33)29-16-12-27(13-17-29)38(2)22-43-23-38/h5-7,9-21,26,37H,8,22-25H2,1-4H3. The topological polar surface area (TPSA) is 26.6 Å². The molecule has 2 fully saturated rings. The van der Waals surface area contributed by atoms with Crippen LogP contribution < -0.4 is 4.90 Å². The van der Waals surface area contributed by atoms with Crippen molar-refractivity contribution in [3.05, 3.63) is 125 Å². The number of ether oxygens (including phenoxy) is 2. The average Bonchev–Trinajstić information content (AvgIpc) is 3.49. The minimum Gasteiger partial charge on any atom is -0.379 e. The summed E-state index contributed by atoms with van der Waals surface area (Å²) >= 11 is 0. The fourth-order valence-electron chi connectivity index (χ4n) is 8.77. The van der Waals surface area contributed by atoms with Gasteiger partial charge in [-0.3, -0.25) is 0 Å². The van der Waals surface area contributed by atoms with Gasteiger partial charge in [-0.1, -0.05) is 75.4 Å². The Hall–Kier alpha value is -3.86. The zero-order chi connectivity index (χ0) is 29.8. The highest BCUT2D eigenvalue weighted by atomic mass is 16.5. The lowest BCUT2D eigenvalue weighted by Gasteiger charge is -2.41. The number of hydrogen-bond acceptors (Lipinski definition) is 3. The number of benzene rings is 3. The van der Waals surface area contributed by atoms with Crippen LogP contribution in [0.25, 0.3) is 22.7 Å². The third-order valence-electron chi connectivity index (χ3n) is 11.4. The van der Waals surface area contributed by atoms with E-state index in [9.17, 15) is 0 Å². The van der Waals surface area contributed by atoms with Crippen LogP contribution in [0.3, 0.4) is 0 Å². The second-order valence-corrected chi connectivity index (χ2v) is 14.6. The second-order valence-electron chi connectivity index (χ2n) is 14.6. The minimum absolute atomic E-state index is 0.114. The molecule has 3 aliphatic heterocycles. The number of fused-ring (bicyclic) bond motifs is 6. The molecule has 0 bridgehead atoms. The van der Waals surface area contributed by atoms with Gasteiger partial charge in [-0.05, 0) is 78.4 Å². The molecule has 0 radical (unpaired) electrons. The van der Waals surface area contributed by atoms with Crippen molar-refractivity contribution in [1.82, 2.24) is 4.57 Å². The fraction of sp³-hybridized carbons (Fsp3) is 0.350. The predicted molar refractivity (Wildman–Crippen MR) is 178 cm³/mol. The zero-order valence-electron chi connectivity index (χ0n) is 26.1. The van der Waals surface area contributed by atoms with Crippen LogP contribution in [-0.4, -0.2) is 31.0 Å². The molecule has 3 unspecified atom stereocenters. The van der Waals surface area contributed by atoms with E-state index >= 15 is 0 Å². The first kappa shape index (κ1) is 26.5. The van der Waals surface area contributed by atoms with Crippen LogP contribution >= 0.6 is 0 Å². The predicted octanol–water partition coefficient (Wildman–Crippen LogP) is 8.65. The maximum Gasteiger partial charge on any atom is 0.0745 e. The van der Waals surface area contributed by atoms with Gasteiger partial charge in [-0.25, -0.2) is 0 Å². The molecule has 0 saturated carbocycles. The Morgan fingerprint density at radius 3 is 1.95 bits per heavy atom. The number of anilines is 1. The van der Waals surface area contributed by atoms with Crippen LogP contribution in [0, 0.1) is 11.3 Å². The van der Waals surface area contributed by atoms with Crippen molar-refractivity contribution in [1.29, 1.82) is 0 Å². The summed E-state index contributed by atoms with van der Waals surface area (Å²) in [6.45, 7) is 12.7. The zero-order valence-corrected chi connectivity index (χ0v) is 26.1. The lowest BCUT2D eigenvalue weighted by molar-refractivity contribution is -0.0500. The molecule has 222 valence electrons. The van der Waals surface area contributed by atoms with Gasteiger partial charge in [0, 0.05) is 44.3 Å². The molecule has 3 aromatic carbocycles. The maximum atomic E-state index is 5.60. The molecule has 4 heterocycles. The first-order valence-electron chi connectivity index (χ1n) is 16.2. The second kappa shape index (κ2) is 9.09. The Morgan fingerprint density at radius 1 is 0.727 bits per heavy atom. The van der Waals surface area contributed by atoms with Crippen LogP contribution in [0.4, 0.5) is 5.69 Å². The quantitative estimate of drug-likeness (QED) is 0.242. The van der Waals surface area contributed by atoms with Gasteiger partial charge in [-0.2, -0.15) is 0 Å². The van der Waals surface area contributed by atoms with E-state index in [-0.39, 0.29) is 22.3 Å². The normalized spacial score (nSPS) is 27.5. The Bertz CT molecular complexity index is 1900. The van der Waals surface area contributed by atoms with E-state index in [0.717, 1.165) is 32.8 Å². The molecule has 0 spiro atoms. The monoisotopic (exact) mass is 580 g/mol. The SMILES string of the molecule is CC1CC=CC2=C1C1(C)C=Cc3c(c4ccccc4n3-c3ccc(C4(C)COC4)cc3)C1N2c1ccc(C2(C)COC2)cc1. The first-order chi connectivity index (χ1) is 21.3. The summed E-state index contributed by atoms with van der Waals surface area (Å²) in [5, 5.41) is 1.34. The Balaban J connectivity index is 1.23. The summed E-state index contributed by atoms with van der Waals surface area (Å²) in [5.74, 6) is 0.488. The number of aromatic nitrogens is 1. The highest BCUT2D eigenvalue weighted by Gasteiger charge is 2.53. The molecule has 0 amide bonds. The van der Waals surface area contributed by atoms with E-state index in [4.69, 9.17) is 9.47 Å². The molecular formula is C40H40N2O2. The van der Waals surface area contributed by atoms with Crippen LogP contribution in [0.15, 0.2) is 102 Å². The molecule has 2 saturated heterocycles. The molecule has 0 N–H and O–H groups in total. The summed E-state index contributed by atoms with van der Waals surface area (Å²) < 4.78 is 13.7. The van der Waals surface area contributed by atoms with Crippen molar-refractivity contribution in [2.45, 2.75) is 51.0 Å². The third kappa shape index (κ3) is 3.47. The Labute approximate surface area is 260 Å². The van der Waals surface area contributed by atoms with E-state index in [0.29, 0.717) is 5.92 Å². The largest absolute Gasteiger partial charge is 0.379 e. The van der Waals surface area contributed by atoms with Crippen molar-refractivity contribution in [2.24, 2.45) is 11.3 Å². The van der Waals surface area contributed by atoms with Gasteiger partial charge in [0.05, 0.1) is 43.7 Å². The summed E-state index contributed by atoms with van der Waals surface area (Å²) in [4.78, 5) is 2.66. The smallest absolute Gasteiger partial charge is 0.0745 e. The Morgan fingerprint density at radius 2 is 1.34 bits per heavy atom. The third-order valence-corrected chi connectivity index (χ3v) is 11.4. The van der Waals surface area contributed by atoms with Crippen LogP contribution in [0.5, 0.6) is 0 Å². The van der Waals surface area contributed by atoms with Gasteiger partial charge in [-0.15, -0.1) is 0 Å². The van der Waals surface area contributed by atoms with E-state index in [1.54, 1.807) is 5.57 Å². The van der Waals surface area contributed by atoms with Gasteiger partial charge in [0.15, 0.2) is 0 Å². The van der Waals surface area contributed by atoms with Crippen molar-refractivity contribution in [3.8, 4) is 5.69 Å².